The number of methoxy groups -OCH3 is 1. The molecule has 2 atom stereocenters. The molecule has 148 valence electrons. The van der Waals surface area contributed by atoms with E-state index in [0.717, 1.165) is 28.9 Å². The van der Waals surface area contributed by atoms with Gasteiger partial charge in [-0.3, -0.25) is 9.69 Å². The first-order valence-corrected chi connectivity index (χ1v) is 10.4. The van der Waals surface area contributed by atoms with Crippen LogP contribution in [0.1, 0.15) is 36.2 Å². The van der Waals surface area contributed by atoms with Crippen LogP contribution >= 0.6 is 12.2 Å². The molecule has 0 spiro atoms. The van der Waals surface area contributed by atoms with Crippen molar-refractivity contribution in [2.45, 2.75) is 31.8 Å². The minimum absolute atomic E-state index is 0.117. The predicted molar refractivity (Wildman–Crippen MR) is 117 cm³/mol. The zero-order valence-corrected chi connectivity index (χ0v) is 17.3. The third-order valence-electron chi connectivity index (χ3n) is 6.01. The lowest BCUT2D eigenvalue weighted by Crippen LogP contribution is -2.44. The summed E-state index contributed by atoms with van der Waals surface area (Å²) in [5.41, 5.74) is 4.54. The Balaban J connectivity index is 1.70. The molecule has 1 amide bonds. The second-order valence-corrected chi connectivity index (χ2v) is 8.00. The monoisotopic (exact) mass is 405 g/mol. The summed E-state index contributed by atoms with van der Waals surface area (Å²) in [5, 5.41) is 1.82. The molecule has 29 heavy (non-hydrogen) atoms. The molecule has 0 bridgehead atoms. The van der Waals surface area contributed by atoms with Gasteiger partial charge in [0.05, 0.1) is 13.2 Å². The molecule has 3 heterocycles. The highest BCUT2D eigenvalue weighted by molar-refractivity contribution is 7.80. The standard InChI is InChI=1S/C23H23N3O2S/c1-3-12-25-22(27)19-13-17-16-6-4-5-7-18(16)24-20(17)21(26(19)23(25)29)14-8-10-15(28-2)11-9-14/h4-11,19,21,24H,3,12-13H2,1-2H3/t19-,21+/m0/s1. The van der Waals surface area contributed by atoms with Crippen molar-refractivity contribution in [3.05, 3.63) is 65.4 Å². The van der Waals surface area contributed by atoms with Gasteiger partial charge in [0.1, 0.15) is 11.8 Å². The van der Waals surface area contributed by atoms with Crippen LogP contribution in [-0.2, 0) is 11.2 Å². The van der Waals surface area contributed by atoms with Crippen molar-refractivity contribution in [2.75, 3.05) is 13.7 Å². The minimum atomic E-state index is -0.257. The topological polar surface area (TPSA) is 48.6 Å². The lowest BCUT2D eigenvalue weighted by Gasteiger charge is -2.37. The van der Waals surface area contributed by atoms with Crippen molar-refractivity contribution in [3.8, 4) is 5.75 Å². The summed E-state index contributed by atoms with van der Waals surface area (Å²) in [6.45, 7) is 2.73. The Morgan fingerprint density at radius 1 is 1.17 bits per heavy atom. The van der Waals surface area contributed by atoms with Gasteiger partial charge in [-0.15, -0.1) is 0 Å². The molecule has 5 nitrogen and oxygen atoms in total. The van der Waals surface area contributed by atoms with Gasteiger partial charge in [0.2, 0.25) is 0 Å². The molecule has 1 aromatic heterocycles. The fourth-order valence-corrected chi connectivity index (χ4v) is 5.11. The number of thiocarbonyl (C=S) groups is 1. The largest absolute Gasteiger partial charge is 0.497 e. The number of carbonyl (C=O) groups excluding carboxylic acids is 1. The van der Waals surface area contributed by atoms with Crippen molar-refractivity contribution in [2.24, 2.45) is 0 Å². The van der Waals surface area contributed by atoms with Crippen LogP contribution in [-0.4, -0.2) is 45.5 Å². The van der Waals surface area contributed by atoms with Crippen molar-refractivity contribution >= 4 is 34.1 Å². The van der Waals surface area contributed by atoms with Crippen LogP contribution in [0.2, 0.25) is 0 Å². The molecule has 1 fully saturated rings. The Labute approximate surface area is 175 Å². The third-order valence-corrected chi connectivity index (χ3v) is 6.44. The Morgan fingerprint density at radius 3 is 2.66 bits per heavy atom. The average Bonchev–Trinajstić information content (AvgIpc) is 3.23. The van der Waals surface area contributed by atoms with E-state index in [1.165, 1.54) is 10.9 Å². The molecule has 6 heteroatoms. The van der Waals surface area contributed by atoms with Gasteiger partial charge in [0.15, 0.2) is 5.11 Å². The number of aromatic amines is 1. The highest BCUT2D eigenvalue weighted by Gasteiger charge is 2.50. The SMILES string of the molecule is CCCN1C(=O)[C@@H]2Cc3c([nH]c4ccccc34)[C@@H](c3ccc(OC)cc3)N2C1=S. The molecule has 0 aliphatic carbocycles. The third kappa shape index (κ3) is 2.66. The van der Waals surface area contributed by atoms with E-state index in [0.29, 0.717) is 18.1 Å². The lowest BCUT2D eigenvalue weighted by molar-refractivity contribution is -0.128. The van der Waals surface area contributed by atoms with Crippen LogP contribution in [0.25, 0.3) is 10.9 Å². The van der Waals surface area contributed by atoms with E-state index in [1.54, 1.807) is 12.0 Å². The number of carbonyl (C=O) groups is 1. The van der Waals surface area contributed by atoms with E-state index in [2.05, 4.69) is 47.1 Å². The van der Waals surface area contributed by atoms with Gasteiger partial charge in [-0.25, -0.2) is 0 Å². The highest BCUT2D eigenvalue weighted by atomic mass is 32.1. The quantitative estimate of drug-likeness (QED) is 0.666. The molecular weight excluding hydrogens is 382 g/mol. The number of nitrogens with one attached hydrogen (secondary N) is 1. The number of aromatic nitrogens is 1. The number of fused-ring (bicyclic) bond motifs is 4. The first-order valence-electron chi connectivity index (χ1n) is 10.0. The van der Waals surface area contributed by atoms with Gasteiger partial charge in [0.25, 0.3) is 5.91 Å². The number of H-pyrrole nitrogens is 1. The van der Waals surface area contributed by atoms with Crippen molar-refractivity contribution in [3.63, 3.8) is 0 Å². The molecule has 5 rings (SSSR count). The van der Waals surface area contributed by atoms with Gasteiger partial charge in [0, 0.05) is 29.6 Å². The number of nitrogens with zero attached hydrogens (tertiary/aromatic N) is 2. The summed E-state index contributed by atoms with van der Waals surface area (Å²) in [7, 11) is 1.67. The molecule has 0 unspecified atom stereocenters. The Bertz CT molecular complexity index is 1110. The second kappa shape index (κ2) is 6.88. The molecule has 2 aliphatic rings. The van der Waals surface area contributed by atoms with E-state index >= 15 is 0 Å². The van der Waals surface area contributed by atoms with E-state index in [4.69, 9.17) is 17.0 Å². The van der Waals surface area contributed by atoms with Crippen molar-refractivity contribution in [1.82, 2.24) is 14.8 Å². The summed E-state index contributed by atoms with van der Waals surface area (Å²) in [4.78, 5) is 20.8. The molecule has 1 N–H and O–H groups in total. The van der Waals surface area contributed by atoms with Crippen LogP contribution in [0.15, 0.2) is 48.5 Å². The Kier molecular flexibility index (Phi) is 4.32. The summed E-state index contributed by atoms with van der Waals surface area (Å²) >= 11 is 5.81. The second-order valence-electron chi connectivity index (χ2n) is 7.64. The fraction of sp³-hybridized carbons (Fsp3) is 0.304. The van der Waals surface area contributed by atoms with Gasteiger partial charge in [-0.05, 0) is 48.0 Å². The molecule has 0 radical (unpaired) electrons. The van der Waals surface area contributed by atoms with Crippen LogP contribution in [0.4, 0.5) is 0 Å². The maximum Gasteiger partial charge on any atom is 0.251 e. The first kappa shape index (κ1) is 18.2. The van der Waals surface area contributed by atoms with Crippen LogP contribution in [0, 0.1) is 0 Å². The van der Waals surface area contributed by atoms with E-state index in [9.17, 15) is 4.79 Å². The highest BCUT2D eigenvalue weighted by Crippen LogP contribution is 2.44. The maximum atomic E-state index is 13.3. The van der Waals surface area contributed by atoms with Gasteiger partial charge < -0.3 is 14.6 Å². The fourth-order valence-electron chi connectivity index (χ4n) is 4.69. The lowest BCUT2D eigenvalue weighted by atomic mass is 9.89. The summed E-state index contributed by atoms with van der Waals surface area (Å²) < 4.78 is 5.34. The van der Waals surface area contributed by atoms with Crippen molar-refractivity contribution < 1.29 is 9.53 Å². The van der Waals surface area contributed by atoms with E-state index in [1.807, 2.05) is 18.2 Å². The Morgan fingerprint density at radius 2 is 1.93 bits per heavy atom. The maximum absolute atomic E-state index is 13.3. The number of amides is 1. The number of benzene rings is 2. The molecule has 2 aromatic carbocycles. The van der Waals surface area contributed by atoms with E-state index in [-0.39, 0.29) is 18.0 Å². The van der Waals surface area contributed by atoms with Gasteiger partial charge >= 0.3 is 0 Å². The number of ether oxygens (including phenoxy) is 1. The van der Waals surface area contributed by atoms with Crippen LogP contribution < -0.4 is 4.74 Å². The molecule has 1 saturated heterocycles. The molecular formula is C23H23N3O2S. The normalized spacial score (nSPS) is 20.9. The number of rotatable bonds is 4. The minimum Gasteiger partial charge on any atom is -0.497 e. The number of hydrogen-bond acceptors (Lipinski definition) is 3. The summed E-state index contributed by atoms with van der Waals surface area (Å²) in [6.07, 6.45) is 1.55. The van der Waals surface area contributed by atoms with Gasteiger partial charge in [-0.2, -0.15) is 0 Å². The molecule has 2 aliphatic heterocycles. The molecule has 3 aromatic rings. The summed E-state index contributed by atoms with van der Waals surface area (Å²) in [5.74, 6) is 0.928. The zero-order valence-electron chi connectivity index (χ0n) is 16.5. The van der Waals surface area contributed by atoms with E-state index < -0.39 is 0 Å². The predicted octanol–water partition coefficient (Wildman–Crippen LogP) is 4.03. The van der Waals surface area contributed by atoms with Gasteiger partial charge in [-0.1, -0.05) is 37.3 Å². The molecule has 0 saturated carbocycles. The smallest absolute Gasteiger partial charge is 0.251 e. The van der Waals surface area contributed by atoms with Crippen LogP contribution in [0.5, 0.6) is 5.75 Å². The zero-order chi connectivity index (χ0) is 20.1. The average molecular weight is 406 g/mol. The number of hydrogen-bond donors (Lipinski definition) is 1. The number of para-hydroxylation sites is 1. The summed E-state index contributed by atoms with van der Waals surface area (Å²) in [6, 6.07) is 16.0. The van der Waals surface area contributed by atoms with Crippen molar-refractivity contribution in [1.29, 1.82) is 0 Å². The Hall–Kier alpha value is -2.86. The first-order chi connectivity index (χ1) is 14.1. The van der Waals surface area contributed by atoms with Crippen LogP contribution in [0.3, 0.4) is 0 Å².